The third-order valence-electron chi connectivity index (χ3n) is 1.62. The first-order valence-corrected chi connectivity index (χ1v) is 9.01. The van der Waals surface area contributed by atoms with Crippen molar-refractivity contribution in [2.75, 3.05) is 5.75 Å². The van der Waals surface area contributed by atoms with Gasteiger partial charge in [0.1, 0.15) is 0 Å². The standard InChI is InChI=1S/C8H10.C5H10S.3C2H6/c1-7-3-5-8(2)6-4-7;1-3-5-6-4-2;3*1-2/h3-6H,1-2H3;3,5H,4H2,1-2H3;3*1-2H3/b;5-3-;;;. The molecule has 0 N–H and O–H groups in total. The van der Waals surface area contributed by atoms with Crippen LogP contribution in [-0.4, -0.2) is 5.75 Å². The first-order valence-electron chi connectivity index (χ1n) is 7.96. The molecule has 0 aromatic heterocycles. The Hall–Kier alpha value is -0.690. The summed E-state index contributed by atoms with van der Waals surface area (Å²) in [4.78, 5) is 0. The fourth-order valence-corrected chi connectivity index (χ4v) is 1.21. The Bertz CT molecular complexity index is 226. The maximum atomic E-state index is 2.14. The van der Waals surface area contributed by atoms with Crippen molar-refractivity contribution in [2.24, 2.45) is 0 Å². The number of benzene rings is 1. The van der Waals surface area contributed by atoms with Crippen LogP contribution in [0, 0.1) is 13.8 Å². The molecule has 0 unspecified atom stereocenters. The highest BCUT2D eigenvalue weighted by atomic mass is 32.2. The summed E-state index contributed by atoms with van der Waals surface area (Å²) in [5, 5.41) is 2.10. The monoisotopic (exact) mass is 298 g/mol. The summed E-state index contributed by atoms with van der Waals surface area (Å²) in [6.07, 6.45) is 2.05. The van der Waals surface area contributed by atoms with E-state index in [9.17, 15) is 0 Å². The van der Waals surface area contributed by atoms with Crippen molar-refractivity contribution in [1.29, 1.82) is 0 Å². The van der Waals surface area contributed by atoms with E-state index >= 15 is 0 Å². The number of hydrogen-bond donors (Lipinski definition) is 0. The van der Waals surface area contributed by atoms with Gasteiger partial charge in [-0.1, -0.05) is 89.9 Å². The van der Waals surface area contributed by atoms with Gasteiger partial charge in [-0.3, -0.25) is 0 Å². The van der Waals surface area contributed by atoms with Gasteiger partial charge in [-0.25, -0.2) is 0 Å². The van der Waals surface area contributed by atoms with Gasteiger partial charge in [0.25, 0.3) is 0 Å². The molecule has 0 atom stereocenters. The minimum absolute atomic E-state index is 1.18. The van der Waals surface area contributed by atoms with Crippen LogP contribution < -0.4 is 0 Å². The maximum absolute atomic E-state index is 2.14. The predicted molar refractivity (Wildman–Crippen MR) is 103 cm³/mol. The molecule has 1 aromatic rings. The number of allylic oxidation sites excluding steroid dienone is 1. The van der Waals surface area contributed by atoms with Gasteiger partial charge in [-0.15, -0.1) is 11.8 Å². The minimum atomic E-state index is 1.18. The first kappa shape index (κ1) is 27.6. The summed E-state index contributed by atoms with van der Waals surface area (Å²) in [6, 6.07) is 8.48. The summed E-state index contributed by atoms with van der Waals surface area (Å²) >= 11 is 1.83. The van der Waals surface area contributed by atoms with Crippen molar-refractivity contribution in [3.05, 3.63) is 46.9 Å². The summed E-state index contributed by atoms with van der Waals surface area (Å²) in [6.45, 7) is 20.4. The van der Waals surface area contributed by atoms with E-state index in [1.54, 1.807) is 0 Å². The fourth-order valence-electron chi connectivity index (χ4n) is 0.829. The maximum Gasteiger partial charge on any atom is -0.00546 e. The van der Waals surface area contributed by atoms with E-state index in [1.807, 2.05) is 66.3 Å². The predicted octanol–water partition coefficient (Wildman–Crippen LogP) is 7.66. The highest BCUT2D eigenvalue weighted by Crippen LogP contribution is 1.99. The van der Waals surface area contributed by atoms with Gasteiger partial charge >= 0.3 is 0 Å². The Balaban J connectivity index is -0.0000000952. The van der Waals surface area contributed by atoms with Crippen LogP contribution in [0.5, 0.6) is 0 Å². The van der Waals surface area contributed by atoms with Gasteiger partial charge in [-0.2, -0.15) is 0 Å². The van der Waals surface area contributed by atoms with Crippen LogP contribution in [0.2, 0.25) is 0 Å². The summed E-state index contributed by atoms with van der Waals surface area (Å²) in [5.74, 6) is 1.18. The molecule has 1 rings (SSSR count). The van der Waals surface area contributed by atoms with E-state index in [0.717, 1.165) is 0 Å². The lowest BCUT2D eigenvalue weighted by molar-refractivity contribution is 1.40. The molecule has 0 saturated heterocycles. The van der Waals surface area contributed by atoms with E-state index in [0.29, 0.717) is 0 Å². The lowest BCUT2D eigenvalue weighted by Crippen LogP contribution is -1.70. The van der Waals surface area contributed by atoms with Crippen molar-refractivity contribution in [3.8, 4) is 0 Å². The van der Waals surface area contributed by atoms with Gasteiger partial charge in [0.05, 0.1) is 0 Å². The molecular weight excluding hydrogens is 260 g/mol. The summed E-state index contributed by atoms with van der Waals surface area (Å²) in [7, 11) is 0. The molecule has 0 radical (unpaired) electrons. The molecule has 0 saturated carbocycles. The average molecular weight is 299 g/mol. The molecule has 20 heavy (non-hydrogen) atoms. The zero-order chi connectivity index (χ0) is 16.8. The van der Waals surface area contributed by atoms with Crippen LogP contribution in [0.15, 0.2) is 35.7 Å². The van der Waals surface area contributed by atoms with E-state index in [1.165, 1.54) is 16.9 Å². The van der Waals surface area contributed by atoms with Crippen molar-refractivity contribution in [1.82, 2.24) is 0 Å². The van der Waals surface area contributed by atoms with Gasteiger partial charge in [0.15, 0.2) is 0 Å². The minimum Gasteiger partial charge on any atom is -0.135 e. The van der Waals surface area contributed by atoms with Gasteiger partial charge < -0.3 is 0 Å². The van der Waals surface area contributed by atoms with E-state index < -0.39 is 0 Å². The first-order chi connectivity index (χ1) is 9.70. The van der Waals surface area contributed by atoms with Crippen LogP contribution in [0.3, 0.4) is 0 Å². The topological polar surface area (TPSA) is 0 Å². The Morgan fingerprint density at radius 3 is 1.25 bits per heavy atom. The second-order valence-electron chi connectivity index (χ2n) is 3.08. The number of hydrogen-bond acceptors (Lipinski definition) is 1. The molecule has 0 spiro atoms. The van der Waals surface area contributed by atoms with Crippen LogP contribution in [0.4, 0.5) is 0 Å². The van der Waals surface area contributed by atoms with Crippen LogP contribution in [0.1, 0.15) is 66.5 Å². The Morgan fingerprint density at radius 2 is 1.10 bits per heavy atom. The second-order valence-corrected chi connectivity index (χ2v) is 4.26. The zero-order valence-electron chi connectivity index (χ0n) is 15.6. The molecule has 1 heteroatoms. The molecule has 0 aliphatic heterocycles. The Labute approximate surface area is 134 Å². The molecule has 0 amide bonds. The average Bonchev–Trinajstić information content (AvgIpc) is 2.54. The van der Waals surface area contributed by atoms with E-state index in [4.69, 9.17) is 0 Å². The molecule has 0 nitrogen and oxygen atoms in total. The van der Waals surface area contributed by atoms with Crippen molar-refractivity contribution < 1.29 is 0 Å². The summed E-state index contributed by atoms with van der Waals surface area (Å²) < 4.78 is 0. The third-order valence-corrected chi connectivity index (χ3v) is 2.42. The van der Waals surface area contributed by atoms with Crippen molar-refractivity contribution in [3.63, 3.8) is 0 Å². The molecular formula is C19H38S. The van der Waals surface area contributed by atoms with Gasteiger partial charge in [-0.05, 0) is 31.9 Å². The van der Waals surface area contributed by atoms with Crippen LogP contribution >= 0.6 is 11.8 Å². The molecule has 0 heterocycles. The van der Waals surface area contributed by atoms with Gasteiger partial charge in [0.2, 0.25) is 0 Å². The molecule has 120 valence electrons. The Morgan fingerprint density at radius 1 is 0.800 bits per heavy atom. The van der Waals surface area contributed by atoms with Crippen LogP contribution in [-0.2, 0) is 0 Å². The number of aryl methyl sites for hydroxylation is 2. The van der Waals surface area contributed by atoms with Crippen molar-refractivity contribution >= 4 is 11.8 Å². The smallest absolute Gasteiger partial charge is 0.00546 e. The zero-order valence-corrected chi connectivity index (χ0v) is 16.4. The Kier molecular flexibility index (Phi) is 42.8. The van der Waals surface area contributed by atoms with Crippen LogP contribution in [0.25, 0.3) is 0 Å². The van der Waals surface area contributed by atoms with E-state index in [-0.39, 0.29) is 0 Å². The quantitative estimate of drug-likeness (QED) is 0.540. The molecule has 0 bridgehead atoms. The molecule has 0 aliphatic carbocycles. The normalized spacial score (nSPS) is 7.70. The van der Waals surface area contributed by atoms with E-state index in [2.05, 4.69) is 50.4 Å². The lowest BCUT2D eigenvalue weighted by atomic mass is 10.2. The largest absolute Gasteiger partial charge is 0.135 e. The number of thioether (sulfide) groups is 1. The second kappa shape index (κ2) is 31.0. The highest BCUT2D eigenvalue weighted by Gasteiger charge is 1.79. The highest BCUT2D eigenvalue weighted by molar-refractivity contribution is 8.02. The molecule has 0 fully saturated rings. The summed E-state index contributed by atoms with van der Waals surface area (Å²) in [5.41, 5.74) is 2.66. The molecule has 1 aromatic carbocycles. The van der Waals surface area contributed by atoms with Gasteiger partial charge in [0, 0.05) is 0 Å². The lowest BCUT2D eigenvalue weighted by Gasteiger charge is -1.90. The fraction of sp³-hybridized carbons (Fsp3) is 0.579. The third kappa shape index (κ3) is 30.4. The molecule has 0 aliphatic rings. The van der Waals surface area contributed by atoms with Crippen molar-refractivity contribution in [2.45, 2.75) is 69.2 Å². The SMILES string of the molecule is C/C=C\SCC.CC.CC.CC.Cc1ccc(C)cc1. The number of rotatable bonds is 2.